The average molecular weight is 383 g/mol. The van der Waals surface area contributed by atoms with Gasteiger partial charge in [-0.15, -0.1) is 0 Å². The van der Waals surface area contributed by atoms with Gasteiger partial charge >= 0.3 is 0 Å². The number of furan rings is 1. The molecule has 1 heterocycles. The summed E-state index contributed by atoms with van der Waals surface area (Å²) in [5.74, 6) is 0.000197. The highest BCUT2D eigenvalue weighted by atomic mass is 16.3. The second-order valence-corrected chi connectivity index (χ2v) is 7.29. The van der Waals surface area contributed by atoms with Gasteiger partial charge in [-0.05, 0) is 51.1 Å². The number of nitrogens with one attached hydrogen (secondary N) is 1. The van der Waals surface area contributed by atoms with E-state index in [0.717, 1.165) is 22.1 Å². The number of carbonyl (C=O) groups is 2. The highest BCUT2D eigenvalue weighted by Gasteiger charge is 2.19. The van der Waals surface area contributed by atoms with E-state index in [0.29, 0.717) is 28.2 Å². The summed E-state index contributed by atoms with van der Waals surface area (Å²) in [6, 6.07) is 20.2. The number of carbonyl (C=O) groups excluding carboxylic acids is 2. The number of hydrogen-bond acceptors (Lipinski definition) is 3. The maximum absolute atomic E-state index is 12.9. The third-order valence-electron chi connectivity index (χ3n) is 4.99. The first-order chi connectivity index (χ1) is 13.9. The predicted molar refractivity (Wildman–Crippen MR) is 115 cm³/mol. The lowest BCUT2D eigenvalue weighted by atomic mass is 10.0. The molecule has 0 radical (unpaired) electrons. The van der Waals surface area contributed by atoms with Crippen molar-refractivity contribution in [3.05, 3.63) is 100 Å². The van der Waals surface area contributed by atoms with Gasteiger partial charge < -0.3 is 9.73 Å². The smallest absolute Gasteiger partial charge is 0.255 e. The van der Waals surface area contributed by atoms with E-state index in [4.69, 9.17) is 4.42 Å². The number of amides is 1. The van der Waals surface area contributed by atoms with Crippen LogP contribution >= 0.6 is 0 Å². The van der Waals surface area contributed by atoms with Gasteiger partial charge in [-0.2, -0.15) is 0 Å². The zero-order valence-corrected chi connectivity index (χ0v) is 16.6. The van der Waals surface area contributed by atoms with Crippen LogP contribution < -0.4 is 5.32 Å². The van der Waals surface area contributed by atoms with E-state index in [-0.39, 0.29) is 11.7 Å². The molecule has 144 valence electrons. The van der Waals surface area contributed by atoms with Crippen molar-refractivity contribution in [1.82, 2.24) is 0 Å². The molecular weight excluding hydrogens is 362 g/mol. The third kappa shape index (κ3) is 3.69. The molecule has 1 N–H and O–H groups in total. The Balaban J connectivity index is 1.64. The van der Waals surface area contributed by atoms with E-state index in [1.165, 1.54) is 0 Å². The number of ketones is 1. The summed E-state index contributed by atoms with van der Waals surface area (Å²) in [5, 5.41) is 3.72. The summed E-state index contributed by atoms with van der Waals surface area (Å²) < 4.78 is 5.84. The fourth-order valence-electron chi connectivity index (χ4n) is 3.34. The zero-order chi connectivity index (χ0) is 20.5. The largest absolute Gasteiger partial charge is 0.452 e. The normalized spacial score (nSPS) is 10.9. The SMILES string of the molecule is Cc1ccc(C(=O)c2oc3ccc(NC(=O)c4cccc(C)c4)cc3c2C)cc1. The second kappa shape index (κ2) is 7.40. The summed E-state index contributed by atoms with van der Waals surface area (Å²) in [7, 11) is 0. The second-order valence-electron chi connectivity index (χ2n) is 7.29. The minimum atomic E-state index is -0.176. The molecule has 4 aromatic rings. The van der Waals surface area contributed by atoms with Crippen LogP contribution in [0.1, 0.15) is 43.2 Å². The summed E-state index contributed by atoms with van der Waals surface area (Å²) in [5.41, 5.74) is 5.34. The fourth-order valence-corrected chi connectivity index (χ4v) is 3.34. The van der Waals surface area contributed by atoms with E-state index < -0.39 is 0 Å². The number of benzene rings is 3. The third-order valence-corrected chi connectivity index (χ3v) is 4.99. The lowest BCUT2D eigenvalue weighted by Gasteiger charge is -2.06. The molecule has 4 nitrogen and oxygen atoms in total. The molecule has 3 aromatic carbocycles. The van der Waals surface area contributed by atoms with Crippen LogP contribution in [0, 0.1) is 20.8 Å². The van der Waals surface area contributed by atoms with Crippen molar-refractivity contribution in [2.24, 2.45) is 0 Å². The molecule has 0 unspecified atom stereocenters. The molecule has 4 rings (SSSR count). The number of anilines is 1. The van der Waals surface area contributed by atoms with Crippen LogP contribution in [0.3, 0.4) is 0 Å². The number of fused-ring (bicyclic) bond motifs is 1. The highest BCUT2D eigenvalue weighted by molar-refractivity contribution is 6.11. The molecule has 0 saturated carbocycles. The van der Waals surface area contributed by atoms with E-state index >= 15 is 0 Å². The molecule has 0 spiro atoms. The molecule has 29 heavy (non-hydrogen) atoms. The maximum atomic E-state index is 12.9. The number of rotatable bonds is 4. The first-order valence-electron chi connectivity index (χ1n) is 9.45. The van der Waals surface area contributed by atoms with Crippen LogP contribution in [0.5, 0.6) is 0 Å². The topological polar surface area (TPSA) is 59.3 Å². The maximum Gasteiger partial charge on any atom is 0.255 e. The van der Waals surface area contributed by atoms with Gasteiger partial charge in [0.15, 0.2) is 5.76 Å². The predicted octanol–water partition coefficient (Wildman–Crippen LogP) is 5.84. The molecule has 0 aliphatic heterocycles. The van der Waals surface area contributed by atoms with Crippen molar-refractivity contribution in [3.8, 4) is 0 Å². The van der Waals surface area contributed by atoms with E-state index in [1.807, 2.05) is 57.2 Å². The van der Waals surface area contributed by atoms with Crippen LogP contribution in [-0.4, -0.2) is 11.7 Å². The van der Waals surface area contributed by atoms with Gasteiger partial charge in [0.2, 0.25) is 5.78 Å². The van der Waals surface area contributed by atoms with Crippen molar-refractivity contribution >= 4 is 28.3 Å². The molecule has 0 saturated heterocycles. The van der Waals surface area contributed by atoms with E-state index in [2.05, 4.69) is 5.32 Å². The Labute approximate surface area is 169 Å². The average Bonchev–Trinajstić information content (AvgIpc) is 3.04. The lowest BCUT2D eigenvalue weighted by molar-refractivity contribution is 0.101. The van der Waals surface area contributed by atoms with Gasteiger partial charge in [-0.25, -0.2) is 0 Å². The minimum absolute atomic E-state index is 0.149. The van der Waals surface area contributed by atoms with Crippen LogP contribution in [0.4, 0.5) is 5.69 Å². The molecular formula is C25H21NO3. The Hall–Kier alpha value is -3.66. The van der Waals surface area contributed by atoms with Gasteiger partial charge in [0.25, 0.3) is 5.91 Å². The fraction of sp³-hybridized carbons (Fsp3) is 0.120. The highest BCUT2D eigenvalue weighted by Crippen LogP contribution is 2.29. The van der Waals surface area contributed by atoms with Crippen molar-refractivity contribution in [2.75, 3.05) is 5.32 Å². The molecule has 1 aromatic heterocycles. The molecule has 0 aliphatic rings. The number of aryl methyl sites for hydroxylation is 3. The van der Waals surface area contributed by atoms with Crippen LogP contribution in [0.2, 0.25) is 0 Å². The molecule has 0 aliphatic carbocycles. The van der Waals surface area contributed by atoms with Gasteiger partial charge in [-0.3, -0.25) is 9.59 Å². The monoisotopic (exact) mass is 383 g/mol. The first kappa shape index (κ1) is 18.7. The van der Waals surface area contributed by atoms with Crippen molar-refractivity contribution in [3.63, 3.8) is 0 Å². The van der Waals surface area contributed by atoms with Crippen LogP contribution in [0.25, 0.3) is 11.0 Å². The summed E-state index contributed by atoms with van der Waals surface area (Å²) >= 11 is 0. The van der Waals surface area contributed by atoms with E-state index in [1.54, 1.807) is 30.3 Å². The van der Waals surface area contributed by atoms with E-state index in [9.17, 15) is 9.59 Å². The van der Waals surface area contributed by atoms with Crippen LogP contribution in [-0.2, 0) is 0 Å². The molecule has 0 fully saturated rings. The van der Waals surface area contributed by atoms with Gasteiger partial charge in [-0.1, -0.05) is 47.5 Å². The quantitative estimate of drug-likeness (QED) is 0.450. The Kier molecular flexibility index (Phi) is 4.77. The van der Waals surface area contributed by atoms with Crippen LogP contribution in [0.15, 0.2) is 71.1 Å². The summed E-state index contributed by atoms with van der Waals surface area (Å²) in [4.78, 5) is 25.4. The van der Waals surface area contributed by atoms with Crippen molar-refractivity contribution < 1.29 is 14.0 Å². The molecule has 0 bridgehead atoms. The number of hydrogen-bond donors (Lipinski definition) is 1. The Morgan fingerprint density at radius 3 is 2.28 bits per heavy atom. The molecule has 4 heteroatoms. The molecule has 0 atom stereocenters. The lowest BCUT2D eigenvalue weighted by Crippen LogP contribution is -2.11. The minimum Gasteiger partial charge on any atom is -0.452 e. The van der Waals surface area contributed by atoms with Crippen molar-refractivity contribution in [1.29, 1.82) is 0 Å². The summed E-state index contributed by atoms with van der Waals surface area (Å²) in [6.45, 7) is 5.79. The summed E-state index contributed by atoms with van der Waals surface area (Å²) in [6.07, 6.45) is 0. The van der Waals surface area contributed by atoms with Gasteiger partial charge in [0.1, 0.15) is 5.58 Å². The van der Waals surface area contributed by atoms with Gasteiger partial charge in [0, 0.05) is 27.8 Å². The van der Waals surface area contributed by atoms with Gasteiger partial charge in [0.05, 0.1) is 0 Å². The first-order valence-corrected chi connectivity index (χ1v) is 9.45. The Morgan fingerprint density at radius 2 is 1.55 bits per heavy atom. The molecule has 1 amide bonds. The van der Waals surface area contributed by atoms with Crippen molar-refractivity contribution in [2.45, 2.75) is 20.8 Å². The Morgan fingerprint density at radius 1 is 0.793 bits per heavy atom. The zero-order valence-electron chi connectivity index (χ0n) is 16.6. The standard InChI is InChI=1S/C25H21NO3/c1-15-7-9-18(10-8-15)23(27)24-17(3)21-14-20(11-12-22(21)29-24)26-25(28)19-6-4-5-16(2)13-19/h4-14H,1-3H3,(H,26,28). The Bertz CT molecular complexity index is 1230.